The van der Waals surface area contributed by atoms with Gasteiger partial charge < -0.3 is 5.32 Å². The zero-order chi connectivity index (χ0) is 11.0. The van der Waals surface area contributed by atoms with E-state index >= 15 is 0 Å². The Bertz CT molecular complexity index is 377. The number of halogens is 1. The Morgan fingerprint density at radius 1 is 1.06 bits per heavy atom. The first-order valence-electron chi connectivity index (χ1n) is 6.35. The van der Waals surface area contributed by atoms with E-state index in [9.17, 15) is 4.39 Å². The number of rotatable bonds is 1. The van der Waals surface area contributed by atoms with E-state index in [4.69, 9.17) is 0 Å². The van der Waals surface area contributed by atoms with E-state index in [1.54, 1.807) is 12.1 Å². The molecule has 0 radical (unpaired) electrons. The van der Waals surface area contributed by atoms with Gasteiger partial charge in [0.15, 0.2) is 0 Å². The number of hydrogen-bond donors (Lipinski definition) is 1. The van der Waals surface area contributed by atoms with Crippen LogP contribution < -0.4 is 5.32 Å². The van der Waals surface area contributed by atoms with E-state index in [0.717, 1.165) is 17.9 Å². The molecule has 1 saturated heterocycles. The van der Waals surface area contributed by atoms with Gasteiger partial charge >= 0.3 is 0 Å². The molecular weight excluding hydrogens is 201 g/mol. The highest BCUT2D eigenvalue weighted by Gasteiger charge is 2.34. The Morgan fingerprint density at radius 3 is 2.81 bits per heavy atom. The van der Waals surface area contributed by atoms with Gasteiger partial charge in [-0.3, -0.25) is 0 Å². The molecule has 0 spiro atoms. The Balaban J connectivity index is 1.79. The first kappa shape index (κ1) is 10.3. The molecule has 1 heterocycles. The predicted molar refractivity (Wildman–Crippen MR) is 62.6 cm³/mol. The highest BCUT2D eigenvalue weighted by atomic mass is 19.1. The summed E-state index contributed by atoms with van der Waals surface area (Å²) in [6.07, 6.45) is 6.32. The zero-order valence-electron chi connectivity index (χ0n) is 9.45. The van der Waals surface area contributed by atoms with Gasteiger partial charge in [0, 0.05) is 17.6 Å². The molecule has 0 amide bonds. The molecule has 1 saturated carbocycles. The second kappa shape index (κ2) is 4.17. The average Bonchev–Trinajstić information content (AvgIpc) is 2.76. The van der Waals surface area contributed by atoms with Crippen LogP contribution in [0, 0.1) is 11.7 Å². The van der Waals surface area contributed by atoms with Crippen LogP contribution in [-0.2, 0) is 0 Å². The molecule has 1 aromatic carbocycles. The number of piperidine rings is 1. The number of fused-ring (bicyclic) bond motifs is 1. The van der Waals surface area contributed by atoms with Crippen LogP contribution in [0.25, 0.3) is 0 Å². The number of benzene rings is 1. The van der Waals surface area contributed by atoms with E-state index in [0.29, 0.717) is 6.04 Å². The molecule has 0 aromatic heterocycles. The smallest absolute Gasteiger partial charge is 0.127 e. The fourth-order valence-corrected chi connectivity index (χ4v) is 3.33. The minimum atomic E-state index is -0.0588. The molecule has 1 N–H and O–H groups in total. The van der Waals surface area contributed by atoms with Crippen LogP contribution in [0.3, 0.4) is 0 Å². The Kier molecular flexibility index (Phi) is 2.68. The maximum absolute atomic E-state index is 13.7. The summed E-state index contributed by atoms with van der Waals surface area (Å²) in [5, 5.41) is 3.63. The van der Waals surface area contributed by atoms with Gasteiger partial charge in [0.05, 0.1) is 0 Å². The van der Waals surface area contributed by atoms with Gasteiger partial charge in [-0.2, -0.15) is 0 Å². The second-order valence-electron chi connectivity index (χ2n) is 5.12. The van der Waals surface area contributed by atoms with Crippen molar-refractivity contribution in [1.29, 1.82) is 0 Å². The quantitative estimate of drug-likeness (QED) is 0.763. The lowest BCUT2D eigenvalue weighted by Gasteiger charge is -2.34. The maximum atomic E-state index is 13.7. The summed E-state index contributed by atoms with van der Waals surface area (Å²) in [5.74, 6) is 0.791. The first-order chi connectivity index (χ1) is 7.84. The lowest BCUT2D eigenvalue weighted by molar-refractivity contribution is 0.257. The van der Waals surface area contributed by atoms with Gasteiger partial charge in [0.25, 0.3) is 0 Å². The summed E-state index contributed by atoms with van der Waals surface area (Å²) in [6, 6.07) is 8.06. The topological polar surface area (TPSA) is 12.0 Å². The van der Waals surface area contributed by atoms with Crippen molar-refractivity contribution in [1.82, 2.24) is 5.32 Å². The van der Waals surface area contributed by atoms with Crippen molar-refractivity contribution < 1.29 is 4.39 Å². The van der Waals surface area contributed by atoms with E-state index in [1.165, 1.54) is 25.7 Å². The highest BCUT2D eigenvalue weighted by Crippen LogP contribution is 2.38. The molecule has 2 fully saturated rings. The SMILES string of the molecule is Fc1ccccc1C1CCC2CCCC2N1. The molecule has 16 heavy (non-hydrogen) atoms. The highest BCUT2D eigenvalue weighted by molar-refractivity contribution is 5.22. The summed E-state index contributed by atoms with van der Waals surface area (Å²) in [5.41, 5.74) is 0.854. The minimum Gasteiger partial charge on any atom is -0.307 e. The van der Waals surface area contributed by atoms with Crippen molar-refractivity contribution in [2.45, 2.75) is 44.2 Å². The number of hydrogen-bond acceptors (Lipinski definition) is 1. The zero-order valence-corrected chi connectivity index (χ0v) is 9.45. The third kappa shape index (κ3) is 1.75. The fraction of sp³-hybridized carbons (Fsp3) is 0.571. The molecule has 1 nitrogen and oxygen atoms in total. The van der Waals surface area contributed by atoms with Crippen molar-refractivity contribution >= 4 is 0 Å². The van der Waals surface area contributed by atoms with Crippen molar-refractivity contribution in [2.75, 3.05) is 0 Å². The fourth-order valence-electron chi connectivity index (χ4n) is 3.33. The van der Waals surface area contributed by atoms with Crippen LogP contribution in [0.1, 0.15) is 43.7 Å². The van der Waals surface area contributed by atoms with Crippen LogP contribution in [0.15, 0.2) is 24.3 Å². The number of nitrogens with one attached hydrogen (secondary N) is 1. The molecule has 1 aliphatic carbocycles. The van der Waals surface area contributed by atoms with Crippen LogP contribution in [0.4, 0.5) is 4.39 Å². The maximum Gasteiger partial charge on any atom is 0.127 e. The normalized spacial score (nSPS) is 33.7. The summed E-state index contributed by atoms with van der Waals surface area (Å²) in [6.45, 7) is 0. The van der Waals surface area contributed by atoms with Crippen molar-refractivity contribution in [2.24, 2.45) is 5.92 Å². The first-order valence-corrected chi connectivity index (χ1v) is 6.35. The third-order valence-electron chi connectivity index (χ3n) is 4.18. The molecule has 1 aliphatic heterocycles. The van der Waals surface area contributed by atoms with Gasteiger partial charge in [-0.15, -0.1) is 0 Å². The minimum absolute atomic E-state index is 0.0588. The van der Waals surface area contributed by atoms with Crippen LogP contribution in [-0.4, -0.2) is 6.04 Å². The van der Waals surface area contributed by atoms with E-state index in [-0.39, 0.29) is 11.9 Å². The molecule has 2 heteroatoms. The molecule has 3 atom stereocenters. The van der Waals surface area contributed by atoms with E-state index in [2.05, 4.69) is 5.32 Å². The van der Waals surface area contributed by atoms with Gasteiger partial charge in [-0.05, 0) is 37.7 Å². The monoisotopic (exact) mass is 219 g/mol. The van der Waals surface area contributed by atoms with Crippen molar-refractivity contribution in [3.05, 3.63) is 35.6 Å². The molecule has 86 valence electrons. The van der Waals surface area contributed by atoms with Crippen LogP contribution >= 0.6 is 0 Å². The van der Waals surface area contributed by atoms with Gasteiger partial charge in [-0.25, -0.2) is 4.39 Å². The standard InChI is InChI=1S/C14H18FN/c15-12-6-2-1-5-11(12)14-9-8-10-4-3-7-13(10)16-14/h1-2,5-6,10,13-14,16H,3-4,7-9H2. The molecule has 3 unspecified atom stereocenters. The van der Waals surface area contributed by atoms with E-state index in [1.807, 2.05) is 12.1 Å². The third-order valence-corrected chi connectivity index (χ3v) is 4.18. The van der Waals surface area contributed by atoms with Crippen molar-refractivity contribution in [3.63, 3.8) is 0 Å². The summed E-state index contributed by atoms with van der Waals surface area (Å²) < 4.78 is 13.7. The average molecular weight is 219 g/mol. The van der Waals surface area contributed by atoms with Crippen LogP contribution in [0.5, 0.6) is 0 Å². The van der Waals surface area contributed by atoms with Gasteiger partial charge in [0.1, 0.15) is 5.82 Å². The lowest BCUT2D eigenvalue weighted by atomic mass is 9.87. The Hall–Kier alpha value is -0.890. The lowest BCUT2D eigenvalue weighted by Crippen LogP contribution is -2.40. The van der Waals surface area contributed by atoms with Gasteiger partial charge in [0.2, 0.25) is 0 Å². The summed E-state index contributed by atoms with van der Waals surface area (Å²) >= 11 is 0. The molecular formula is C14H18FN. The van der Waals surface area contributed by atoms with Gasteiger partial charge in [-0.1, -0.05) is 24.6 Å². The predicted octanol–water partition coefficient (Wildman–Crippen LogP) is 3.42. The second-order valence-corrected chi connectivity index (χ2v) is 5.12. The van der Waals surface area contributed by atoms with E-state index < -0.39 is 0 Å². The van der Waals surface area contributed by atoms with Crippen molar-refractivity contribution in [3.8, 4) is 0 Å². The largest absolute Gasteiger partial charge is 0.307 e. The summed E-state index contributed by atoms with van der Waals surface area (Å²) in [4.78, 5) is 0. The Morgan fingerprint density at radius 2 is 1.94 bits per heavy atom. The molecule has 3 rings (SSSR count). The van der Waals surface area contributed by atoms with Crippen LogP contribution in [0.2, 0.25) is 0 Å². The molecule has 0 bridgehead atoms. The molecule has 1 aromatic rings. The Labute approximate surface area is 96.1 Å². The summed E-state index contributed by atoms with van der Waals surface area (Å²) in [7, 11) is 0. The molecule has 2 aliphatic rings.